The molecule has 24 heavy (non-hydrogen) atoms. The van der Waals surface area contributed by atoms with Gasteiger partial charge in [0, 0.05) is 0 Å². The standard InChI is InChI=1S/C16H16F3NO3S/c1-10(2)23-14-8-5-12(9-15(14)24(20,21)22)11-3-6-13(7-4-11)16(17,18)19/h3-10H,1-2H3,(H2,20,21,22). The average molecular weight is 359 g/mol. The monoisotopic (exact) mass is 359 g/mol. The molecule has 0 radical (unpaired) electrons. The number of halogens is 3. The minimum absolute atomic E-state index is 0.100. The van der Waals surface area contributed by atoms with Gasteiger partial charge in [-0.05, 0) is 49.2 Å². The largest absolute Gasteiger partial charge is 0.490 e. The van der Waals surface area contributed by atoms with Crippen LogP contribution in [-0.4, -0.2) is 14.5 Å². The molecule has 0 saturated carbocycles. The van der Waals surface area contributed by atoms with Crippen LogP contribution in [0.1, 0.15) is 19.4 Å². The molecule has 0 heterocycles. The molecule has 0 fully saturated rings. The van der Waals surface area contributed by atoms with E-state index in [0.717, 1.165) is 12.1 Å². The fourth-order valence-corrected chi connectivity index (χ4v) is 2.80. The number of rotatable bonds is 4. The van der Waals surface area contributed by atoms with Crippen LogP contribution in [-0.2, 0) is 16.2 Å². The van der Waals surface area contributed by atoms with Crippen LogP contribution in [0.25, 0.3) is 11.1 Å². The van der Waals surface area contributed by atoms with E-state index in [1.165, 1.54) is 24.3 Å². The fourth-order valence-electron chi connectivity index (χ4n) is 2.11. The second-order valence-corrected chi connectivity index (χ2v) is 6.98. The van der Waals surface area contributed by atoms with Crippen molar-refractivity contribution in [1.29, 1.82) is 0 Å². The number of ether oxygens (including phenoxy) is 1. The quantitative estimate of drug-likeness (QED) is 0.903. The Morgan fingerprint density at radius 1 is 1.00 bits per heavy atom. The first-order chi connectivity index (χ1) is 11.0. The van der Waals surface area contributed by atoms with Crippen molar-refractivity contribution in [3.8, 4) is 16.9 Å². The fraction of sp³-hybridized carbons (Fsp3) is 0.250. The van der Waals surface area contributed by atoms with E-state index in [4.69, 9.17) is 9.88 Å². The van der Waals surface area contributed by atoms with Crippen molar-refractivity contribution in [3.05, 3.63) is 48.0 Å². The van der Waals surface area contributed by atoms with Gasteiger partial charge in [-0.15, -0.1) is 0 Å². The lowest BCUT2D eigenvalue weighted by Gasteiger charge is -2.14. The molecule has 2 aromatic carbocycles. The highest BCUT2D eigenvalue weighted by Crippen LogP contribution is 2.33. The normalized spacial score (nSPS) is 12.5. The predicted molar refractivity (Wildman–Crippen MR) is 84.0 cm³/mol. The zero-order chi connectivity index (χ0) is 18.1. The van der Waals surface area contributed by atoms with Gasteiger partial charge in [-0.3, -0.25) is 0 Å². The topological polar surface area (TPSA) is 69.4 Å². The Hall–Kier alpha value is -2.06. The number of benzene rings is 2. The van der Waals surface area contributed by atoms with E-state index < -0.39 is 21.8 Å². The van der Waals surface area contributed by atoms with Gasteiger partial charge >= 0.3 is 6.18 Å². The summed E-state index contributed by atoms with van der Waals surface area (Å²) in [6.07, 6.45) is -4.69. The first kappa shape index (κ1) is 18.3. The van der Waals surface area contributed by atoms with Gasteiger partial charge in [-0.1, -0.05) is 18.2 Å². The highest BCUT2D eigenvalue weighted by Gasteiger charge is 2.30. The maximum Gasteiger partial charge on any atom is 0.416 e. The number of sulfonamides is 1. The molecule has 0 atom stereocenters. The van der Waals surface area contributed by atoms with Gasteiger partial charge in [0.15, 0.2) is 0 Å². The van der Waals surface area contributed by atoms with E-state index in [0.29, 0.717) is 11.1 Å². The Kier molecular flexibility index (Phi) is 4.91. The van der Waals surface area contributed by atoms with Gasteiger partial charge in [-0.2, -0.15) is 13.2 Å². The molecule has 0 unspecified atom stereocenters. The van der Waals surface area contributed by atoms with E-state index in [-0.39, 0.29) is 16.7 Å². The third-order valence-corrected chi connectivity index (χ3v) is 4.09. The summed E-state index contributed by atoms with van der Waals surface area (Å²) in [4.78, 5) is -0.214. The molecular weight excluding hydrogens is 343 g/mol. The van der Waals surface area contributed by atoms with Crippen molar-refractivity contribution in [2.75, 3.05) is 0 Å². The number of hydrogen-bond donors (Lipinski definition) is 1. The number of nitrogens with two attached hydrogens (primary N) is 1. The lowest BCUT2D eigenvalue weighted by molar-refractivity contribution is -0.137. The second-order valence-electron chi connectivity index (χ2n) is 5.45. The maximum atomic E-state index is 12.6. The molecule has 0 saturated heterocycles. The average Bonchev–Trinajstić information content (AvgIpc) is 2.45. The number of alkyl halides is 3. The third kappa shape index (κ3) is 4.27. The van der Waals surface area contributed by atoms with Crippen LogP contribution in [0.5, 0.6) is 5.75 Å². The molecule has 2 rings (SSSR count). The zero-order valence-electron chi connectivity index (χ0n) is 13.0. The summed E-state index contributed by atoms with van der Waals surface area (Å²) in [5.74, 6) is 0.100. The molecule has 4 nitrogen and oxygen atoms in total. The Morgan fingerprint density at radius 2 is 1.54 bits per heavy atom. The second kappa shape index (κ2) is 6.45. The van der Waals surface area contributed by atoms with E-state index in [2.05, 4.69) is 0 Å². The molecule has 0 aliphatic heterocycles. The summed E-state index contributed by atoms with van der Waals surface area (Å²) in [5, 5.41) is 5.20. The van der Waals surface area contributed by atoms with Crippen LogP contribution in [0.4, 0.5) is 13.2 Å². The Balaban J connectivity index is 2.49. The molecule has 0 spiro atoms. The van der Waals surface area contributed by atoms with Gasteiger partial charge in [0.05, 0.1) is 11.7 Å². The highest BCUT2D eigenvalue weighted by molar-refractivity contribution is 7.89. The van der Waals surface area contributed by atoms with E-state index >= 15 is 0 Å². The minimum atomic E-state index is -4.43. The Labute approximate surface area is 138 Å². The summed E-state index contributed by atoms with van der Waals surface area (Å²) in [6.45, 7) is 3.47. The molecule has 130 valence electrons. The minimum Gasteiger partial charge on any atom is -0.490 e. The number of hydrogen-bond acceptors (Lipinski definition) is 3. The van der Waals surface area contributed by atoms with E-state index in [9.17, 15) is 21.6 Å². The molecule has 0 amide bonds. The van der Waals surface area contributed by atoms with E-state index in [1.54, 1.807) is 19.9 Å². The molecule has 0 aliphatic rings. The predicted octanol–water partition coefficient (Wildman–Crippen LogP) is 3.81. The molecule has 2 aromatic rings. The number of primary sulfonamides is 1. The SMILES string of the molecule is CC(C)Oc1ccc(-c2ccc(C(F)(F)F)cc2)cc1S(N)(=O)=O. The zero-order valence-corrected chi connectivity index (χ0v) is 13.8. The lowest BCUT2D eigenvalue weighted by atomic mass is 10.0. The molecule has 0 aliphatic carbocycles. The van der Waals surface area contributed by atoms with Crippen molar-refractivity contribution in [2.45, 2.75) is 31.0 Å². The van der Waals surface area contributed by atoms with Crippen LogP contribution in [0.15, 0.2) is 47.4 Å². The van der Waals surface area contributed by atoms with Gasteiger partial charge in [-0.25, -0.2) is 13.6 Å². The lowest BCUT2D eigenvalue weighted by Crippen LogP contribution is -2.16. The summed E-state index contributed by atoms with van der Waals surface area (Å²) >= 11 is 0. The smallest absolute Gasteiger partial charge is 0.416 e. The van der Waals surface area contributed by atoms with Crippen LogP contribution < -0.4 is 9.88 Å². The van der Waals surface area contributed by atoms with Crippen molar-refractivity contribution in [1.82, 2.24) is 0 Å². The van der Waals surface area contributed by atoms with Crippen molar-refractivity contribution >= 4 is 10.0 Å². The van der Waals surface area contributed by atoms with Gasteiger partial charge in [0.25, 0.3) is 0 Å². The van der Waals surface area contributed by atoms with Crippen LogP contribution >= 0.6 is 0 Å². The molecular formula is C16H16F3NO3S. The summed E-state index contributed by atoms with van der Waals surface area (Å²) < 4.78 is 66.7. The summed E-state index contributed by atoms with van der Waals surface area (Å²) in [7, 11) is -4.05. The van der Waals surface area contributed by atoms with Gasteiger partial charge < -0.3 is 4.74 Å². The Morgan fingerprint density at radius 3 is 2.00 bits per heavy atom. The molecule has 0 bridgehead atoms. The van der Waals surface area contributed by atoms with Gasteiger partial charge in [0.1, 0.15) is 10.6 Å². The van der Waals surface area contributed by atoms with Crippen molar-refractivity contribution in [2.24, 2.45) is 5.14 Å². The van der Waals surface area contributed by atoms with Crippen LogP contribution in [0.2, 0.25) is 0 Å². The van der Waals surface area contributed by atoms with Crippen molar-refractivity contribution < 1.29 is 26.3 Å². The Bertz CT molecular complexity index is 829. The maximum absolute atomic E-state index is 12.6. The highest BCUT2D eigenvalue weighted by atomic mass is 32.2. The van der Waals surface area contributed by atoms with E-state index in [1.807, 2.05) is 0 Å². The first-order valence-corrected chi connectivity index (χ1v) is 8.54. The molecule has 0 aromatic heterocycles. The van der Waals surface area contributed by atoms with Crippen LogP contribution in [0.3, 0.4) is 0 Å². The van der Waals surface area contributed by atoms with Crippen molar-refractivity contribution in [3.63, 3.8) is 0 Å². The third-order valence-electron chi connectivity index (χ3n) is 3.16. The molecule has 8 heteroatoms. The summed E-state index contributed by atoms with van der Waals surface area (Å²) in [6, 6.07) is 8.70. The van der Waals surface area contributed by atoms with Gasteiger partial charge in [0.2, 0.25) is 10.0 Å². The summed E-state index contributed by atoms with van der Waals surface area (Å²) in [5.41, 5.74) is 0.0746. The first-order valence-electron chi connectivity index (χ1n) is 6.99. The van der Waals surface area contributed by atoms with Crippen LogP contribution in [0, 0.1) is 0 Å². The molecule has 2 N–H and O–H groups in total.